The second kappa shape index (κ2) is 14.5. The molecule has 218 valence electrons. The van der Waals surface area contributed by atoms with E-state index in [0.717, 1.165) is 10.5 Å². The lowest BCUT2D eigenvalue weighted by atomic mass is 10.1. The van der Waals surface area contributed by atoms with Gasteiger partial charge in [0, 0.05) is 27.4 Å². The molecule has 4 N–H and O–H groups in total. The standard InChI is InChI=1S/C33H29N3O6S/c1-21-12-13-24(33(40)41)19-27(21)35-30(37)20-43-26-16-14-25(15-17-26)34-32(39)28(18-23-10-6-7-11-29(23)42-2)36-31(38)22-8-4-3-5-9-22/h3-19H,20H2,1-2H3,(H,34,39)(H,35,37)(H,36,38)(H,40,41)/b28-18-. The van der Waals surface area contributed by atoms with Gasteiger partial charge < -0.3 is 25.8 Å². The number of aromatic carboxylic acids is 1. The van der Waals surface area contributed by atoms with Crippen LogP contribution in [0.4, 0.5) is 11.4 Å². The van der Waals surface area contributed by atoms with Gasteiger partial charge in [-0.15, -0.1) is 11.8 Å². The molecule has 0 aliphatic rings. The van der Waals surface area contributed by atoms with Crippen molar-refractivity contribution >= 4 is 52.9 Å². The lowest BCUT2D eigenvalue weighted by Gasteiger charge is -2.13. The van der Waals surface area contributed by atoms with Crippen molar-refractivity contribution in [3.05, 3.63) is 125 Å². The summed E-state index contributed by atoms with van der Waals surface area (Å²) in [5, 5.41) is 17.5. The molecule has 3 amide bonds. The van der Waals surface area contributed by atoms with E-state index in [-0.39, 0.29) is 22.9 Å². The summed E-state index contributed by atoms with van der Waals surface area (Å²) in [5.41, 5.74) is 2.81. The number of hydrogen-bond donors (Lipinski definition) is 4. The number of rotatable bonds is 11. The molecule has 0 saturated carbocycles. The summed E-state index contributed by atoms with van der Waals surface area (Å²) in [4.78, 5) is 50.7. The smallest absolute Gasteiger partial charge is 0.335 e. The fourth-order valence-corrected chi connectivity index (χ4v) is 4.64. The Morgan fingerprint density at radius 2 is 1.53 bits per heavy atom. The highest BCUT2D eigenvalue weighted by Crippen LogP contribution is 2.24. The number of nitrogens with one attached hydrogen (secondary N) is 3. The van der Waals surface area contributed by atoms with Gasteiger partial charge in [-0.1, -0.05) is 42.5 Å². The number of amides is 3. The van der Waals surface area contributed by atoms with Gasteiger partial charge in [-0.25, -0.2) is 4.79 Å². The topological polar surface area (TPSA) is 134 Å². The van der Waals surface area contributed by atoms with Crippen molar-refractivity contribution in [1.29, 1.82) is 0 Å². The second-order valence-electron chi connectivity index (χ2n) is 9.27. The SMILES string of the molecule is COc1ccccc1/C=C(\NC(=O)c1ccccc1)C(=O)Nc1ccc(SCC(=O)Nc2cc(C(=O)O)ccc2C)cc1. The number of methoxy groups -OCH3 is 1. The molecule has 0 radical (unpaired) electrons. The number of thioether (sulfide) groups is 1. The quantitative estimate of drug-likeness (QED) is 0.126. The Labute approximate surface area is 253 Å². The van der Waals surface area contributed by atoms with Crippen molar-refractivity contribution in [2.24, 2.45) is 0 Å². The highest BCUT2D eigenvalue weighted by Gasteiger charge is 2.16. The van der Waals surface area contributed by atoms with Crippen molar-refractivity contribution in [2.45, 2.75) is 11.8 Å². The van der Waals surface area contributed by atoms with Gasteiger partial charge in [0.1, 0.15) is 11.4 Å². The lowest BCUT2D eigenvalue weighted by molar-refractivity contribution is -0.114. The molecule has 43 heavy (non-hydrogen) atoms. The van der Waals surface area contributed by atoms with Gasteiger partial charge in [0.25, 0.3) is 11.8 Å². The third-order valence-corrected chi connectivity index (χ3v) is 7.22. The number of carboxylic acids is 1. The number of anilines is 2. The number of hydrogen-bond acceptors (Lipinski definition) is 6. The highest BCUT2D eigenvalue weighted by molar-refractivity contribution is 8.00. The maximum Gasteiger partial charge on any atom is 0.335 e. The number of carbonyl (C=O) groups excluding carboxylic acids is 3. The van der Waals surface area contributed by atoms with E-state index in [1.54, 1.807) is 97.9 Å². The Hall–Kier alpha value is -5.35. The van der Waals surface area contributed by atoms with E-state index in [1.165, 1.54) is 31.0 Å². The molecule has 10 heteroatoms. The van der Waals surface area contributed by atoms with Gasteiger partial charge in [-0.3, -0.25) is 14.4 Å². The zero-order valence-corrected chi connectivity index (χ0v) is 24.2. The molecular formula is C33H29N3O6S. The molecule has 0 spiro atoms. The van der Waals surface area contributed by atoms with E-state index in [4.69, 9.17) is 4.74 Å². The van der Waals surface area contributed by atoms with Gasteiger partial charge in [0.2, 0.25) is 5.91 Å². The molecule has 0 aliphatic heterocycles. The maximum atomic E-state index is 13.3. The molecule has 9 nitrogen and oxygen atoms in total. The van der Waals surface area contributed by atoms with Crippen LogP contribution < -0.4 is 20.7 Å². The van der Waals surface area contributed by atoms with Gasteiger partial charge in [-0.2, -0.15) is 0 Å². The molecule has 0 atom stereocenters. The first-order valence-electron chi connectivity index (χ1n) is 13.1. The minimum absolute atomic E-state index is 0.0238. The van der Waals surface area contributed by atoms with Crippen LogP contribution in [0.2, 0.25) is 0 Å². The number of para-hydroxylation sites is 1. The summed E-state index contributed by atoms with van der Waals surface area (Å²) in [5.74, 6) is -1.69. The van der Waals surface area contributed by atoms with E-state index in [1.807, 2.05) is 0 Å². The minimum atomic E-state index is -1.07. The summed E-state index contributed by atoms with van der Waals surface area (Å²) in [6.07, 6.45) is 1.55. The molecule has 0 aromatic heterocycles. The molecule has 4 rings (SSSR count). The minimum Gasteiger partial charge on any atom is -0.496 e. The predicted molar refractivity (Wildman–Crippen MR) is 167 cm³/mol. The Bertz CT molecular complexity index is 1670. The van der Waals surface area contributed by atoms with Crippen LogP contribution >= 0.6 is 11.8 Å². The fourth-order valence-electron chi connectivity index (χ4n) is 3.94. The van der Waals surface area contributed by atoms with E-state index in [9.17, 15) is 24.3 Å². The Morgan fingerprint density at radius 3 is 2.23 bits per heavy atom. The zero-order valence-electron chi connectivity index (χ0n) is 23.4. The maximum absolute atomic E-state index is 13.3. The number of ether oxygens (including phenoxy) is 1. The normalized spacial score (nSPS) is 10.9. The van der Waals surface area contributed by atoms with Crippen molar-refractivity contribution in [1.82, 2.24) is 5.32 Å². The van der Waals surface area contributed by atoms with Crippen molar-refractivity contribution < 1.29 is 29.0 Å². The molecule has 0 unspecified atom stereocenters. The van der Waals surface area contributed by atoms with Crippen LogP contribution in [0, 0.1) is 6.92 Å². The van der Waals surface area contributed by atoms with Crippen LogP contribution in [0.15, 0.2) is 108 Å². The van der Waals surface area contributed by atoms with Crippen LogP contribution in [0.5, 0.6) is 5.75 Å². The van der Waals surface area contributed by atoms with Crippen molar-refractivity contribution in [3.63, 3.8) is 0 Å². The summed E-state index contributed by atoms with van der Waals surface area (Å²) < 4.78 is 5.40. The number of benzene rings is 4. The van der Waals surface area contributed by atoms with Crippen molar-refractivity contribution in [3.8, 4) is 5.75 Å². The summed E-state index contributed by atoms with van der Waals surface area (Å²) >= 11 is 1.29. The molecular weight excluding hydrogens is 566 g/mol. The largest absolute Gasteiger partial charge is 0.496 e. The zero-order chi connectivity index (χ0) is 30.8. The lowest BCUT2D eigenvalue weighted by Crippen LogP contribution is -2.30. The van der Waals surface area contributed by atoms with Crippen LogP contribution in [0.25, 0.3) is 6.08 Å². The van der Waals surface area contributed by atoms with Gasteiger partial charge >= 0.3 is 5.97 Å². The van der Waals surface area contributed by atoms with Crippen LogP contribution in [-0.4, -0.2) is 41.7 Å². The van der Waals surface area contributed by atoms with E-state index >= 15 is 0 Å². The molecule has 4 aromatic carbocycles. The molecule has 0 heterocycles. The van der Waals surface area contributed by atoms with E-state index in [2.05, 4.69) is 16.0 Å². The molecule has 0 fully saturated rings. The van der Waals surface area contributed by atoms with Gasteiger partial charge in [0.15, 0.2) is 0 Å². The van der Waals surface area contributed by atoms with Crippen LogP contribution in [0.3, 0.4) is 0 Å². The van der Waals surface area contributed by atoms with Crippen LogP contribution in [0.1, 0.15) is 31.8 Å². The number of carbonyl (C=O) groups is 4. The Kier molecular flexibility index (Phi) is 10.3. The fraction of sp³-hybridized carbons (Fsp3) is 0.0909. The Balaban J connectivity index is 1.42. The molecule has 0 aliphatic carbocycles. The Morgan fingerprint density at radius 1 is 0.837 bits per heavy atom. The first-order valence-corrected chi connectivity index (χ1v) is 14.1. The first-order chi connectivity index (χ1) is 20.7. The average Bonchev–Trinajstić information content (AvgIpc) is 3.02. The van der Waals surface area contributed by atoms with E-state index < -0.39 is 17.8 Å². The monoisotopic (exact) mass is 595 g/mol. The summed E-state index contributed by atoms with van der Waals surface area (Å²) in [6, 6.07) is 27.2. The van der Waals surface area contributed by atoms with Gasteiger partial charge in [0.05, 0.1) is 18.4 Å². The van der Waals surface area contributed by atoms with Gasteiger partial charge in [-0.05, 0) is 73.2 Å². The van der Waals surface area contributed by atoms with Crippen molar-refractivity contribution in [2.75, 3.05) is 23.5 Å². The van der Waals surface area contributed by atoms with E-state index in [0.29, 0.717) is 28.3 Å². The van der Waals surface area contributed by atoms with Crippen LogP contribution in [-0.2, 0) is 9.59 Å². The molecule has 0 bridgehead atoms. The third kappa shape index (κ3) is 8.57. The number of carboxylic acid groups (broad SMARTS) is 1. The first kappa shape index (κ1) is 30.6. The highest BCUT2D eigenvalue weighted by atomic mass is 32.2. The molecule has 0 saturated heterocycles. The third-order valence-electron chi connectivity index (χ3n) is 6.21. The molecule has 4 aromatic rings. The predicted octanol–water partition coefficient (Wildman–Crippen LogP) is 5.84. The average molecular weight is 596 g/mol. The number of aryl methyl sites for hydroxylation is 1. The summed E-state index contributed by atoms with van der Waals surface area (Å²) in [6.45, 7) is 1.78. The second-order valence-corrected chi connectivity index (χ2v) is 10.3. The summed E-state index contributed by atoms with van der Waals surface area (Å²) in [7, 11) is 1.52.